The minimum absolute atomic E-state index is 0.0994. The van der Waals surface area contributed by atoms with Gasteiger partial charge in [0.15, 0.2) is 0 Å². The van der Waals surface area contributed by atoms with Crippen LogP contribution in [0.1, 0.15) is 17.0 Å². The van der Waals surface area contributed by atoms with E-state index in [0.29, 0.717) is 21.4 Å². The van der Waals surface area contributed by atoms with E-state index < -0.39 is 5.92 Å². The molecule has 0 spiro atoms. The summed E-state index contributed by atoms with van der Waals surface area (Å²) in [7, 11) is 0. The molecule has 1 aliphatic heterocycles. The van der Waals surface area contributed by atoms with Crippen molar-refractivity contribution < 1.29 is 4.74 Å². The standard InChI is InChI=1S/C20H12Cl2N2O/c21-12-6-8-14(17(22)9-12)18-15-7-5-11-3-1-2-4-13(11)19(15)25-20(24)16(18)10-23/h1-9,18H,24H2. The van der Waals surface area contributed by atoms with Gasteiger partial charge in [0.2, 0.25) is 5.88 Å². The van der Waals surface area contributed by atoms with Gasteiger partial charge < -0.3 is 10.5 Å². The number of nitrogens with two attached hydrogens (primary N) is 1. The highest BCUT2D eigenvalue weighted by atomic mass is 35.5. The number of fused-ring (bicyclic) bond motifs is 3. The summed E-state index contributed by atoms with van der Waals surface area (Å²) in [4.78, 5) is 0. The van der Waals surface area contributed by atoms with Gasteiger partial charge in [0.25, 0.3) is 0 Å². The highest BCUT2D eigenvalue weighted by molar-refractivity contribution is 6.35. The molecule has 0 amide bonds. The molecule has 1 unspecified atom stereocenters. The van der Waals surface area contributed by atoms with Gasteiger partial charge in [-0.3, -0.25) is 0 Å². The summed E-state index contributed by atoms with van der Waals surface area (Å²) in [5.74, 6) is 0.358. The fourth-order valence-electron chi connectivity index (χ4n) is 3.24. The van der Waals surface area contributed by atoms with Gasteiger partial charge in [-0.25, -0.2) is 0 Å². The van der Waals surface area contributed by atoms with Crippen molar-refractivity contribution in [1.82, 2.24) is 0 Å². The van der Waals surface area contributed by atoms with E-state index >= 15 is 0 Å². The molecule has 0 fully saturated rings. The molecule has 1 atom stereocenters. The van der Waals surface area contributed by atoms with E-state index in [0.717, 1.165) is 21.9 Å². The molecule has 0 saturated heterocycles. The summed E-state index contributed by atoms with van der Waals surface area (Å²) < 4.78 is 5.83. The quantitative estimate of drug-likeness (QED) is 0.630. The van der Waals surface area contributed by atoms with Crippen molar-refractivity contribution in [2.75, 3.05) is 0 Å². The van der Waals surface area contributed by atoms with Crippen molar-refractivity contribution in [2.45, 2.75) is 5.92 Å². The van der Waals surface area contributed by atoms with Crippen LogP contribution in [-0.2, 0) is 0 Å². The molecule has 3 aromatic carbocycles. The molecule has 1 heterocycles. The van der Waals surface area contributed by atoms with Crippen molar-refractivity contribution in [1.29, 1.82) is 5.26 Å². The van der Waals surface area contributed by atoms with E-state index in [1.54, 1.807) is 12.1 Å². The first-order valence-corrected chi connectivity index (χ1v) is 8.40. The van der Waals surface area contributed by atoms with E-state index in [2.05, 4.69) is 6.07 Å². The molecule has 2 N–H and O–H groups in total. The third-order valence-corrected chi connectivity index (χ3v) is 4.94. The molecule has 0 bridgehead atoms. The maximum Gasteiger partial charge on any atom is 0.205 e. The Balaban J connectivity index is 2.03. The van der Waals surface area contributed by atoms with Crippen LogP contribution < -0.4 is 10.5 Å². The van der Waals surface area contributed by atoms with E-state index in [1.807, 2.05) is 42.5 Å². The maximum absolute atomic E-state index is 9.64. The molecule has 25 heavy (non-hydrogen) atoms. The molecule has 0 aromatic heterocycles. The first kappa shape index (κ1) is 15.8. The SMILES string of the molecule is N#CC1=C(N)Oc2c(ccc3ccccc23)C1c1ccc(Cl)cc1Cl. The van der Waals surface area contributed by atoms with Crippen LogP contribution in [0.5, 0.6) is 5.75 Å². The lowest BCUT2D eigenvalue weighted by Gasteiger charge is -2.28. The largest absolute Gasteiger partial charge is 0.440 e. The van der Waals surface area contributed by atoms with Crippen LogP contribution in [0.2, 0.25) is 10.0 Å². The minimum atomic E-state index is -0.400. The Hall–Kier alpha value is -2.67. The van der Waals surface area contributed by atoms with Gasteiger partial charge in [0.05, 0.1) is 5.92 Å². The Morgan fingerprint density at radius 1 is 1.00 bits per heavy atom. The molecule has 3 aromatic rings. The number of nitrogens with zero attached hydrogens (tertiary/aromatic N) is 1. The summed E-state index contributed by atoms with van der Waals surface area (Å²) >= 11 is 12.4. The fourth-order valence-corrected chi connectivity index (χ4v) is 3.76. The van der Waals surface area contributed by atoms with Crippen molar-refractivity contribution in [3.63, 3.8) is 0 Å². The van der Waals surface area contributed by atoms with Crippen molar-refractivity contribution in [2.24, 2.45) is 5.73 Å². The van der Waals surface area contributed by atoms with E-state index in [1.165, 1.54) is 0 Å². The highest BCUT2D eigenvalue weighted by Gasteiger charge is 2.32. The third kappa shape index (κ3) is 2.51. The van der Waals surface area contributed by atoms with Crippen molar-refractivity contribution >= 4 is 34.0 Å². The predicted octanol–water partition coefficient (Wildman–Crippen LogP) is 5.36. The Kier molecular flexibility index (Phi) is 3.80. The maximum atomic E-state index is 9.64. The topological polar surface area (TPSA) is 59.0 Å². The minimum Gasteiger partial charge on any atom is -0.440 e. The van der Waals surface area contributed by atoms with E-state index in [4.69, 9.17) is 33.7 Å². The predicted molar refractivity (Wildman–Crippen MR) is 99.7 cm³/mol. The van der Waals surface area contributed by atoms with Gasteiger partial charge in [-0.05, 0) is 23.1 Å². The van der Waals surface area contributed by atoms with Crippen LogP contribution in [0.15, 0.2) is 66.1 Å². The number of benzene rings is 3. The number of ether oxygens (including phenoxy) is 1. The van der Waals surface area contributed by atoms with Crippen molar-refractivity contribution in [3.8, 4) is 11.8 Å². The number of allylic oxidation sites excluding steroid dienone is 1. The monoisotopic (exact) mass is 366 g/mol. The van der Waals surface area contributed by atoms with Crippen LogP contribution >= 0.6 is 23.2 Å². The first-order valence-electron chi connectivity index (χ1n) is 7.64. The fraction of sp³-hybridized carbons (Fsp3) is 0.0500. The Morgan fingerprint density at radius 3 is 2.52 bits per heavy atom. The normalized spacial score (nSPS) is 16.3. The second-order valence-corrected chi connectivity index (χ2v) is 6.64. The van der Waals surface area contributed by atoms with Crippen molar-refractivity contribution in [3.05, 3.63) is 87.2 Å². The van der Waals surface area contributed by atoms with Gasteiger partial charge in [-0.2, -0.15) is 5.26 Å². The molecule has 5 heteroatoms. The summed E-state index contributed by atoms with van der Waals surface area (Å²) in [5.41, 5.74) is 8.03. The number of rotatable bonds is 1. The second-order valence-electron chi connectivity index (χ2n) is 5.80. The van der Waals surface area contributed by atoms with E-state index in [9.17, 15) is 5.26 Å². The van der Waals surface area contributed by atoms with Gasteiger partial charge in [-0.1, -0.05) is 65.7 Å². The Morgan fingerprint density at radius 2 is 1.76 bits per heavy atom. The number of halogens is 2. The van der Waals surface area contributed by atoms with Crippen LogP contribution in [0, 0.1) is 11.3 Å². The molecule has 0 saturated carbocycles. The van der Waals surface area contributed by atoms with Gasteiger partial charge in [-0.15, -0.1) is 0 Å². The number of hydrogen-bond acceptors (Lipinski definition) is 3. The second kappa shape index (κ2) is 6.00. The lowest BCUT2D eigenvalue weighted by atomic mass is 9.82. The van der Waals surface area contributed by atoms with Crippen LogP contribution in [0.25, 0.3) is 10.8 Å². The zero-order chi connectivity index (χ0) is 17.6. The first-order chi connectivity index (χ1) is 12.1. The van der Waals surface area contributed by atoms with Crippen LogP contribution in [0.4, 0.5) is 0 Å². The Labute approximate surface area is 154 Å². The summed E-state index contributed by atoms with van der Waals surface area (Å²) in [5, 5.41) is 12.6. The highest BCUT2D eigenvalue weighted by Crippen LogP contribution is 2.47. The number of hydrogen-bond donors (Lipinski definition) is 1. The van der Waals surface area contributed by atoms with Gasteiger partial charge in [0, 0.05) is 21.0 Å². The number of nitriles is 1. The summed E-state index contributed by atoms with van der Waals surface area (Å²) in [6, 6.07) is 19.3. The van der Waals surface area contributed by atoms with Gasteiger partial charge >= 0.3 is 0 Å². The molecule has 4 rings (SSSR count). The third-order valence-electron chi connectivity index (χ3n) is 4.38. The zero-order valence-corrected chi connectivity index (χ0v) is 14.5. The molecular weight excluding hydrogens is 355 g/mol. The molecule has 3 nitrogen and oxygen atoms in total. The smallest absolute Gasteiger partial charge is 0.205 e. The van der Waals surface area contributed by atoms with Crippen LogP contribution in [0.3, 0.4) is 0 Å². The average molecular weight is 367 g/mol. The van der Waals surface area contributed by atoms with Gasteiger partial charge in [0.1, 0.15) is 17.4 Å². The molecule has 1 aliphatic rings. The zero-order valence-electron chi connectivity index (χ0n) is 13.0. The van der Waals surface area contributed by atoms with Crippen LogP contribution in [-0.4, -0.2) is 0 Å². The Bertz CT molecular complexity index is 1080. The molecule has 0 radical (unpaired) electrons. The average Bonchev–Trinajstić information content (AvgIpc) is 2.61. The summed E-state index contributed by atoms with van der Waals surface area (Å²) in [6.07, 6.45) is 0. The summed E-state index contributed by atoms with van der Waals surface area (Å²) in [6.45, 7) is 0. The van der Waals surface area contributed by atoms with E-state index in [-0.39, 0.29) is 5.88 Å². The molecular formula is C20H12Cl2N2O. The lowest BCUT2D eigenvalue weighted by Crippen LogP contribution is -2.21. The molecule has 0 aliphatic carbocycles. The molecule has 122 valence electrons. The lowest BCUT2D eigenvalue weighted by molar-refractivity contribution is 0.398.